The fourth-order valence-corrected chi connectivity index (χ4v) is 0.958. The Kier molecular flexibility index (Phi) is 5.84. The third-order valence-corrected chi connectivity index (χ3v) is 1.60. The smallest absolute Gasteiger partial charge is 0.355 e. The van der Waals surface area contributed by atoms with Gasteiger partial charge in [-0.15, -0.1) is 0 Å². The molecule has 6 nitrogen and oxygen atoms in total. The van der Waals surface area contributed by atoms with Crippen LogP contribution >= 0.6 is 0 Å². The van der Waals surface area contributed by atoms with Crippen LogP contribution in [-0.2, 0) is 23.9 Å². The summed E-state index contributed by atoms with van der Waals surface area (Å²) in [7, 11) is 0. The Morgan fingerprint density at radius 1 is 1.00 bits per heavy atom. The number of Topliss-reactive ketones (excluding diaryl/α,β-unsaturated/α-hetero) is 1. The summed E-state index contributed by atoms with van der Waals surface area (Å²) in [4.78, 5) is 33.7. The highest BCUT2D eigenvalue weighted by Gasteiger charge is 2.24. The molecule has 16 heavy (non-hydrogen) atoms. The van der Waals surface area contributed by atoms with Gasteiger partial charge in [-0.1, -0.05) is 0 Å². The van der Waals surface area contributed by atoms with Crippen LogP contribution in [-0.4, -0.2) is 30.9 Å². The minimum absolute atomic E-state index is 0.0890. The number of hydrogen-bond acceptors (Lipinski definition) is 6. The van der Waals surface area contributed by atoms with Crippen LogP contribution in [0.3, 0.4) is 0 Å². The predicted molar refractivity (Wildman–Crippen MR) is 55.2 cm³/mol. The van der Waals surface area contributed by atoms with Crippen molar-refractivity contribution in [1.82, 2.24) is 0 Å². The van der Waals surface area contributed by atoms with Gasteiger partial charge >= 0.3 is 11.9 Å². The molecular formula is C10H15NO5. The number of ether oxygens (including phenoxy) is 2. The second-order valence-electron chi connectivity index (χ2n) is 2.79. The summed E-state index contributed by atoms with van der Waals surface area (Å²) in [6, 6.07) is 0. The van der Waals surface area contributed by atoms with Gasteiger partial charge in [-0.2, -0.15) is 0 Å². The summed E-state index contributed by atoms with van der Waals surface area (Å²) >= 11 is 0. The van der Waals surface area contributed by atoms with Gasteiger partial charge in [0.1, 0.15) is 11.3 Å². The Bertz CT molecular complexity index is 332. The lowest BCUT2D eigenvalue weighted by molar-refractivity contribution is -0.143. The van der Waals surface area contributed by atoms with Crippen molar-refractivity contribution in [1.29, 1.82) is 0 Å². The predicted octanol–water partition coefficient (Wildman–Crippen LogP) is -0.0856. The molecule has 0 aliphatic heterocycles. The molecule has 0 aromatic rings. The van der Waals surface area contributed by atoms with Gasteiger partial charge in [0.15, 0.2) is 5.78 Å². The normalized spacial score (nSPS) is 11.4. The Morgan fingerprint density at radius 3 is 1.81 bits per heavy atom. The maximum absolute atomic E-state index is 11.3. The number of hydrogen-bond donors (Lipinski definition) is 1. The second-order valence-corrected chi connectivity index (χ2v) is 2.79. The average molecular weight is 229 g/mol. The van der Waals surface area contributed by atoms with E-state index in [9.17, 15) is 14.4 Å². The van der Waals surface area contributed by atoms with Gasteiger partial charge in [-0.25, -0.2) is 9.59 Å². The first-order valence-electron chi connectivity index (χ1n) is 4.80. The van der Waals surface area contributed by atoms with Crippen LogP contribution in [0, 0.1) is 0 Å². The van der Waals surface area contributed by atoms with Crippen LogP contribution in [0.5, 0.6) is 0 Å². The molecule has 0 aromatic heterocycles. The highest BCUT2D eigenvalue weighted by Crippen LogP contribution is 2.06. The van der Waals surface area contributed by atoms with Crippen LogP contribution in [0.1, 0.15) is 20.8 Å². The lowest BCUT2D eigenvalue weighted by Gasteiger charge is -2.07. The molecule has 0 fully saturated rings. The SMILES string of the molecule is CCOC(=O)C(N)=C(C(C)=O)C(=O)OCC. The number of rotatable bonds is 5. The number of carbonyl (C=O) groups excluding carboxylic acids is 3. The van der Waals surface area contributed by atoms with Gasteiger partial charge in [-0.3, -0.25) is 4.79 Å². The van der Waals surface area contributed by atoms with Crippen molar-refractivity contribution >= 4 is 17.7 Å². The quantitative estimate of drug-likeness (QED) is 0.306. The second kappa shape index (κ2) is 6.60. The van der Waals surface area contributed by atoms with Gasteiger partial charge in [-0.05, 0) is 20.8 Å². The Morgan fingerprint density at radius 2 is 1.44 bits per heavy atom. The lowest BCUT2D eigenvalue weighted by Crippen LogP contribution is -2.25. The van der Waals surface area contributed by atoms with E-state index in [2.05, 4.69) is 9.47 Å². The molecule has 0 unspecified atom stereocenters. The highest BCUT2D eigenvalue weighted by molar-refractivity contribution is 6.20. The molecule has 6 heteroatoms. The molecule has 0 saturated heterocycles. The third-order valence-electron chi connectivity index (χ3n) is 1.60. The molecule has 0 spiro atoms. The molecule has 0 aliphatic rings. The molecule has 90 valence electrons. The standard InChI is InChI=1S/C10H15NO5/c1-4-15-9(13)7(6(3)12)8(11)10(14)16-5-2/h4-5,11H2,1-3H3. The summed E-state index contributed by atoms with van der Waals surface area (Å²) in [5.41, 5.74) is 4.37. The fourth-order valence-electron chi connectivity index (χ4n) is 0.958. The molecule has 0 radical (unpaired) electrons. The topological polar surface area (TPSA) is 95.7 Å². The summed E-state index contributed by atoms with van der Waals surface area (Å²) in [5.74, 6) is -2.45. The van der Waals surface area contributed by atoms with Crippen LogP contribution < -0.4 is 5.73 Å². The summed E-state index contributed by atoms with van der Waals surface area (Å²) < 4.78 is 9.19. The molecule has 0 bridgehead atoms. The van der Waals surface area contributed by atoms with Crippen molar-refractivity contribution in [2.45, 2.75) is 20.8 Å². The lowest BCUT2D eigenvalue weighted by atomic mass is 10.1. The van der Waals surface area contributed by atoms with Gasteiger partial charge in [0.25, 0.3) is 0 Å². The Labute approximate surface area is 93.4 Å². The van der Waals surface area contributed by atoms with Crippen molar-refractivity contribution in [3.63, 3.8) is 0 Å². The van der Waals surface area contributed by atoms with Crippen LogP contribution in [0.4, 0.5) is 0 Å². The number of esters is 2. The van der Waals surface area contributed by atoms with Crippen molar-refractivity contribution in [2.24, 2.45) is 5.73 Å². The molecule has 0 saturated carbocycles. The Balaban J connectivity index is 5.15. The summed E-state index contributed by atoms with van der Waals surface area (Å²) in [6.45, 7) is 4.48. The van der Waals surface area contributed by atoms with Crippen molar-refractivity contribution in [3.05, 3.63) is 11.3 Å². The van der Waals surface area contributed by atoms with Gasteiger partial charge in [0, 0.05) is 0 Å². The van der Waals surface area contributed by atoms with Gasteiger partial charge in [0.2, 0.25) is 0 Å². The first kappa shape index (κ1) is 14.2. The van der Waals surface area contributed by atoms with Gasteiger partial charge < -0.3 is 15.2 Å². The zero-order valence-electron chi connectivity index (χ0n) is 9.53. The summed E-state index contributed by atoms with van der Waals surface area (Å²) in [6.07, 6.45) is 0. The molecule has 2 N–H and O–H groups in total. The minimum atomic E-state index is -0.916. The van der Waals surface area contributed by atoms with E-state index in [4.69, 9.17) is 5.73 Å². The Hall–Kier alpha value is -1.85. The minimum Gasteiger partial charge on any atom is -0.462 e. The zero-order valence-corrected chi connectivity index (χ0v) is 9.53. The van der Waals surface area contributed by atoms with E-state index in [1.807, 2.05) is 0 Å². The van der Waals surface area contributed by atoms with E-state index < -0.39 is 29.0 Å². The third kappa shape index (κ3) is 3.72. The zero-order chi connectivity index (χ0) is 12.7. The summed E-state index contributed by atoms with van der Waals surface area (Å²) in [5, 5.41) is 0. The molecule has 0 amide bonds. The van der Waals surface area contributed by atoms with Crippen molar-refractivity contribution in [2.75, 3.05) is 13.2 Å². The van der Waals surface area contributed by atoms with Crippen LogP contribution in [0.25, 0.3) is 0 Å². The van der Waals surface area contributed by atoms with E-state index in [-0.39, 0.29) is 13.2 Å². The maximum atomic E-state index is 11.3. The molecule has 0 atom stereocenters. The first-order chi connectivity index (χ1) is 7.45. The van der Waals surface area contributed by atoms with E-state index in [0.29, 0.717) is 0 Å². The number of carbonyl (C=O) groups is 3. The van der Waals surface area contributed by atoms with Crippen LogP contribution in [0.2, 0.25) is 0 Å². The molecule has 0 heterocycles. The average Bonchev–Trinajstić information content (AvgIpc) is 2.17. The van der Waals surface area contributed by atoms with E-state index in [0.717, 1.165) is 6.92 Å². The van der Waals surface area contributed by atoms with Gasteiger partial charge in [0.05, 0.1) is 13.2 Å². The molecule has 0 aliphatic carbocycles. The maximum Gasteiger partial charge on any atom is 0.355 e. The monoisotopic (exact) mass is 229 g/mol. The first-order valence-corrected chi connectivity index (χ1v) is 4.80. The van der Waals surface area contributed by atoms with E-state index in [1.165, 1.54) is 0 Å². The number of nitrogens with two attached hydrogens (primary N) is 1. The van der Waals surface area contributed by atoms with Crippen LogP contribution in [0.15, 0.2) is 11.3 Å². The van der Waals surface area contributed by atoms with E-state index >= 15 is 0 Å². The molecule has 0 rings (SSSR count). The largest absolute Gasteiger partial charge is 0.462 e. The molecule has 0 aromatic carbocycles. The molecular weight excluding hydrogens is 214 g/mol. The highest BCUT2D eigenvalue weighted by atomic mass is 16.5. The van der Waals surface area contributed by atoms with Crippen molar-refractivity contribution in [3.8, 4) is 0 Å². The number of ketones is 1. The van der Waals surface area contributed by atoms with E-state index in [1.54, 1.807) is 13.8 Å². The van der Waals surface area contributed by atoms with Crippen molar-refractivity contribution < 1.29 is 23.9 Å². The fraction of sp³-hybridized carbons (Fsp3) is 0.500.